The number of piperidine rings is 1. The average Bonchev–Trinajstić information content (AvgIpc) is 3.56. The van der Waals surface area contributed by atoms with Crippen molar-refractivity contribution < 1.29 is 14.3 Å². The highest BCUT2D eigenvalue weighted by molar-refractivity contribution is 5.85. The van der Waals surface area contributed by atoms with Crippen LogP contribution in [0.4, 0.5) is 0 Å². The minimum absolute atomic E-state index is 0.149. The van der Waals surface area contributed by atoms with Gasteiger partial charge in [0.15, 0.2) is 0 Å². The fourth-order valence-electron chi connectivity index (χ4n) is 6.53. The number of aromatic nitrogens is 4. The second-order valence-electron chi connectivity index (χ2n) is 11.4. The number of hydrogen-bond donors (Lipinski definition) is 1. The molecule has 9 heteroatoms. The third-order valence-corrected chi connectivity index (χ3v) is 8.97. The Morgan fingerprint density at radius 2 is 1.85 bits per heavy atom. The van der Waals surface area contributed by atoms with Crippen LogP contribution in [0, 0.1) is 12.3 Å². The lowest BCUT2D eigenvalue weighted by Gasteiger charge is -2.41. The van der Waals surface area contributed by atoms with E-state index in [-0.39, 0.29) is 5.91 Å². The molecule has 1 saturated heterocycles. The molecule has 0 atom stereocenters. The van der Waals surface area contributed by atoms with E-state index in [0.717, 1.165) is 75.4 Å². The van der Waals surface area contributed by atoms with Gasteiger partial charge >= 0.3 is 0 Å². The molecule has 2 aliphatic heterocycles. The van der Waals surface area contributed by atoms with Crippen molar-refractivity contribution in [3.05, 3.63) is 77.2 Å². The van der Waals surface area contributed by atoms with Crippen LogP contribution in [0.15, 0.2) is 54.7 Å². The summed E-state index contributed by atoms with van der Waals surface area (Å²) in [6, 6.07) is 16.6. The molecule has 4 heterocycles. The summed E-state index contributed by atoms with van der Waals surface area (Å²) in [5, 5.41) is 13.2. The van der Waals surface area contributed by atoms with E-state index >= 15 is 0 Å². The van der Waals surface area contributed by atoms with Gasteiger partial charge in [0.1, 0.15) is 18.1 Å². The number of carbonyl (C=O) groups excluding carboxylic acids is 1. The molecule has 0 aliphatic carbocycles. The number of likely N-dealkylation sites (tertiary alicyclic amines) is 1. The number of nitrogens with zero attached hydrogens (tertiary/aromatic N) is 5. The van der Waals surface area contributed by atoms with E-state index in [9.17, 15) is 4.79 Å². The maximum absolute atomic E-state index is 13.9. The fraction of sp³-hybridized carbons (Fsp3) is 0.469. The summed E-state index contributed by atoms with van der Waals surface area (Å²) in [4.78, 5) is 16.4. The van der Waals surface area contributed by atoms with Crippen LogP contribution in [0.5, 0.6) is 5.75 Å². The van der Waals surface area contributed by atoms with Crippen molar-refractivity contribution in [2.45, 2.75) is 65.4 Å². The van der Waals surface area contributed by atoms with Crippen molar-refractivity contribution >= 4 is 16.8 Å². The summed E-state index contributed by atoms with van der Waals surface area (Å²) in [5.41, 5.74) is 5.31. The topological polar surface area (TPSA) is 86.4 Å². The van der Waals surface area contributed by atoms with E-state index in [1.165, 1.54) is 22.2 Å². The highest BCUT2D eigenvalue weighted by atomic mass is 16.5. The van der Waals surface area contributed by atoms with Crippen LogP contribution < -0.4 is 10.1 Å². The van der Waals surface area contributed by atoms with Gasteiger partial charge in [-0.3, -0.25) is 14.4 Å². The second kappa shape index (κ2) is 12.0. The van der Waals surface area contributed by atoms with Gasteiger partial charge in [-0.2, -0.15) is 0 Å². The summed E-state index contributed by atoms with van der Waals surface area (Å²) in [7, 11) is 1.75. The first-order valence-electron chi connectivity index (χ1n) is 14.7. The molecule has 1 fully saturated rings. The predicted octanol–water partition coefficient (Wildman–Crippen LogP) is 4.46. The summed E-state index contributed by atoms with van der Waals surface area (Å²) >= 11 is 0. The van der Waals surface area contributed by atoms with E-state index in [0.29, 0.717) is 19.8 Å². The molecule has 0 unspecified atom stereocenters. The number of carbonyl (C=O) groups is 1. The summed E-state index contributed by atoms with van der Waals surface area (Å²) < 4.78 is 15.7. The Morgan fingerprint density at radius 3 is 2.71 bits per heavy atom. The summed E-state index contributed by atoms with van der Waals surface area (Å²) in [6.45, 7) is 7.95. The summed E-state index contributed by atoms with van der Waals surface area (Å²) in [6.07, 6.45) is 5.33. The Kier molecular flexibility index (Phi) is 8.07. The van der Waals surface area contributed by atoms with Gasteiger partial charge in [-0.15, -0.1) is 5.10 Å². The Morgan fingerprint density at radius 1 is 1.05 bits per heavy atom. The zero-order chi connectivity index (χ0) is 28.2. The first-order chi connectivity index (χ1) is 20.1. The number of rotatable bonds is 5. The molecular formula is C32H40N6O3. The Hall–Kier alpha value is -3.69. The molecule has 0 radical (unpaired) electrons. The van der Waals surface area contributed by atoms with E-state index in [4.69, 9.17) is 9.47 Å². The standard InChI is InChI=1S/C32H40N6O3/c1-24-28(27-9-4-5-10-29(27)38(24)18-19-40-2)22-36-16-13-32(14-17-36)12-7-15-37-21-26(34-35-37)23-41-30-11-6-3-8-25(30)20-33-31(32)39/h3-6,8-11,21H,7,12-20,22-23H2,1-2H3,(H,33,39). The highest BCUT2D eigenvalue weighted by Crippen LogP contribution is 2.38. The number of fused-ring (bicyclic) bond motifs is 4. The summed E-state index contributed by atoms with van der Waals surface area (Å²) in [5.74, 6) is 0.916. The molecule has 2 aromatic heterocycles. The molecule has 1 spiro atoms. The highest BCUT2D eigenvalue weighted by Gasteiger charge is 2.41. The predicted molar refractivity (Wildman–Crippen MR) is 157 cm³/mol. The number of hydrogen-bond acceptors (Lipinski definition) is 6. The quantitative estimate of drug-likeness (QED) is 0.391. The molecule has 2 aromatic carbocycles. The third kappa shape index (κ3) is 5.74. The zero-order valence-corrected chi connectivity index (χ0v) is 24.1. The van der Waals surface area contributed by atoms with Crippen molar-refractivity contribution in [3.8, 4) is 5.75 Å². The molecule has 2 aliphatic rings. The molecule has 4 aromatic rings. The largest absolute Gasteiger partial charge is 0.487 e. The SMILES string of the molecule is COCCn1c(C)c(CN2CCC3(CCCn4cc(nn4)COc4ccccc4CNC3=O)CC2)c2ccccc21. The van der Waals surface area contributed by atoms with Gasteiger partial charge in [-0.25, -0.2) is 0 Å². The van der Waals surface area contributed by atoms with Crippen LogP contribution in [0.25, 0.3) is 10.9 Å². The zero-order valence-electron chi connectivity index (χ0n) is 24.1. The second-order valence-corrected chi connectivity index (χ2v) is 11.4. The van der Waals surface area contributed by atoms with E-state index in [1.807, 2.05) is 35.1 Å². The normalized spacial score (nSPS) is 18.0. The Labute approximate surface area is 241 Å². The van der Waals surface area contributed by atoms with Crippen LogP contribution in [0.2, 0.25) is 0 Å². The van der Waals surface area contributed by atoms with Gasteiger partial charge in [-0.1, -0.05) is 41.6 Å². The van der Waals surface area contributed by atoms with Gasteiger partial charge in [0.25, 0.3) is 0 Å². The number of aryl methyl sites for hydroxylation is 1. The molecular weight excluding hydrogens is 516 g/mol. The number of para-hydroxylation sites is 2. The van der Waals surface area contributed by atoms with Crippen molar-refractivity contribution in [3.63, 3.8) is 0 Å². The maximum Gasteiger partial charge on any atom is 0.226 e. The molecule has 1 N–H and O–H groups in total. The van der Waals surface area contributed by atoms with E-state index < -0.39 is 5.41 Å². The van der Waals surface area contributed by atoms with Gasteiger partial charge < -0.3 is 19.4 Å². The lowest BCUT2D eigenvalue weighted by Crippen LogP contribution is -2.48. The molecule has 6 rings (SSSR count). The van der Waals surface area contributed by atoms with Crippen LogP contribution in [0.1, 0.15) is 48.2 Å². The van der Waals surface area contributed by atoms with Crippen molar-refractivity contribution in [2.75, 3.05) is 26.8 Å². The van der Waals surface area contributed by atoms with E-state index in [1.54, 1.807) is 7.11 Å². The first kappa shape index (κ1) is 27.5. The molecule has 1 amide bonds. The van der Waals surface area contributed by atoms with Crippen molar-refractivity contribution in [1.82, 2.24) is 29.8 Å². The molecule has 216 valence electrons. The number of ether oxygens (including phenoxy) is 2. The van der Waals surface area contributed by atoms with Crippen LogP contribution in [-0.2, 0) is 42.3 Å². The maximum atomic E-state index is 13.9. The number of methoxy groups -OCH3 is 1. The molecule has 2 bridgehead atoms. The first-order valence-corrected chi connectivity index (χ1v) is 14.7. The van der Waals surface area contributed by atoms with Crippen LogP contribution in [0.3, 0.4) is 0 Å². The lowest BCUT2D eigenvalue weighted by atomic mass is 9.73. The van der Waals surface area contributed by atoms with Crippen LogP contribution in [-0.4, -0.2) is 57.2 Å². The van der Waals surface area contributed by atoms with Gasteiger partial charge in [0.2, 0.25) is 5.91 Å². The molecule has 9 nitrogen and oxygen atoms in total. The van der Waals surface area contributed by atoms with E-state index in [2.05, 4.69) is 56.3 Å². The monoisotopic (exact) mass is 556 g/mol. The Balaban J connectivity index is 1.20. The minimum atomic E-state index is -0.401. The van der Waals surface area contributed by atoms with Crippen molar-refractivity contribution in [1.29, 1.82) is 0 Å². The van der Waals surface area contributed by atoms with Crippen molar-refractivity contribution in [2.24, 2.45) is 5.41 Å². The molecule has 0 saturated carbocycles. The number of nitrogens with one attached hydrogen (secondary N) is 1. The van der Waals surface area contributed by atoms with Crippen LogP contribution >= 0.6 is 0 Å². The third-order valence-electron chi connectivity index (χ3n) is 8.97. The van der Waals surface area contributed by atoms with Gasteiger partial charge in [0.05, 0.1) is 18.2 Å². The fourth-order valence-corrected chi connectivity index (χ4v) is 6.53. The average molecular weight is 557 g/mol. The smallest absolute Gasteiger partial charge is 0.226 e. The minimum Gasteiger partial charge on any atom is -0.487 e. The van der Waals surface area contributed by atoms with Gasteiger partial charge in [-0.05, 0) is 63.4 Å². The number of amides is 1. The Bertz CT molecular complexity index is 1500. The van der Waals surface area contributed by atoms with Gasteiger partial charge in [0, 0.05) is 55.4 Å². The number of benzene rings is 2. The molecule has 41 heavy (non-hydrogen) atoms. The lowest BCUT2D eigenvalue weighted by molar-refractivity contribution is -0.135.